The van der Waals surface area contributed by atoms with E-state index in [2.05, 4.69) is 23.4 Å². The van der Waals surface area contributed by atoms with Gasteiger partial charge in [-0.05, 0) is 32.1 Å². The largest absolute Gasteiger partial charge is 0.383 e. The van der Waals surface area contributed by atoms with Gasteiger partial charge in [-0.25, -0.2) is 0 Å². The molecule has 2 fully saturated rings. The van der Waals surface area contributed by atoms with Gasteiger partial charge in [0.05, 0.1) is 12.0 Å². The van der Waals surface area contributed by atoms with E-state index in [9.17, 15) is 9.59 Å². The Morgan fingerprint density at radius 1 is 1.28 bits per heavy atom. The van der Waals surface area contributed by atoms with Crippen molar-refractivity contribution in [3.05, 3.63) is 15.4 Å². The summed E-state index contributed by atoms with van der Waals surface area (Å²) >= 11 is 1.54. The predicted molar refractivity (Wildman–Crippen MR) is 97.4 cm³/mol. The SMILES string of the molecule is COCCn1c(C)c(C)s/c1=N\C(=O)C12CCC(C)(C(=O)C1)C2(C)C. The molecule has 5 nitrogen and oxygen atoms in total. The van der Waals surface area contributed by atoms with Crippen molar-refractivity contribution >= 4 is 23.0 Å². The second kappa shape index (κ2) is 5.88. The van der Waals surface area contributed by atoms with Crippen LogP contribution in [-0.2, 0) is 20.9 Å². The number of hydrogen-bond donors (Lipinski definition) is 0. The number of aromatic nitrogens is 1. The number of nitrogens with zero attached hydrogens (tertiary/aromatic N) is 2. The molecule has 1 heterocycles. The molecule has 0 radical (unpaired) electrons. The van der Waals surface area contributed by atoms with Gasteiger partial charge in [0.15, 0.2) is 4.80 Å². The Balaban J connectivity index is 2.05. The Labute approximate surface area is 153 Å². The van der Waals surface area contributed by atoms with Crippen LogP contribution in [0.15, 0.2) is 4.99 Å². The molecule has 0 aliphatic heterocycles. The number of amides is 1. The summed E-state index contributed by atoms with van der Waals surface area (Å²) in [5.74, 6) is 0.0950. The number of hydrogen-bond acceptors (Lipinski definition) is 4. The van der Waals surface area contributed by atoms with Gasteiger partial charge in [0, 0.05) is 36.1 Å². The molecule has 6 heteroatoms. The fourth-order valence-corrected chi connectivity index (χ4v) is 5.65. The highest BCUT2D eigenvalue weighted by Gasteiger charge is 2.72. The first-order chi connectivity index (χ1) is 11.6. The number of methoxy groups -OCH3 is 1. The van der Waals surface area contributed by atoms with E-state index in [-0.39, 0.29) is 17.1 Å². The van der Waals surface area contributed by atoms with E-state index >= 15 is 0 Å². The number of carbonyl (C=O) groups is 2. The van der Waals surface area contributed by atoms with Crippen molar-refractivity contribution in [1.82, 2.24) is 4.57 Å². The van der Waals surface area contributed by atoms with Crippen molar-refractivity contribution in [3.8, 4) is 0 Å². The fraction of sp³-hybridized carbons (Fsp3) is 0.737. The molecular weight excluding hydrogens is 336 g/mol. The van der Waals surface area contributed by atoms with E-state index in [0.29, 0.717) is 19.6 Å². The number of aryl methyl sites for hydroxylation is 1. The van der Waals surface area contributed by atoms with Crippen molar-refractivity contribution in [3.63, 3.8) is 0 Å². The van der Waals surface area contributed by atoms with Crippen LogP contribution in [0.25, 0.3) is 0 Å². The smallest absolute Gasteiger partial charge is 0.255 e. The molecule has 25 heavy (non-hydrogen) atoms. The van der Waals surface area contributed by atoms with Crippen LogP contribution >= 0.6 is 11.3 Å². The molecule has 3 rings (SSSR count). The fourth-order valence-electron chi connectivity index (χ4n) is 4.66. The minimum absolute atomic E-state index is 0.125. The normalized spacial score (nSPS) is 31.1. The van der Waals surface area contributed by atoms with Crippen molar-refractivity contribution in [2.75, 3.05) is 13.7 Å². The molecule has 2 atom stereocenters. The van der Waals surface area contributed by atoms with Crippen LogP contribution in [0, 0.1) is 30.1 Å². The molecule has 0 N–H and O–H groups in total. The molecule has 0 saturated heterocycles. The number of carbonyl (C=O) groups excluding carboxylic acids is 2. The van der Waals surface area contributed by atoms with E-state index in [1.165, 1.54) is 11.3 Å². The number of fused-ring (bicyclic) bond motifs is 2. The van der Waals surface area contributed by atoms with Crippen LogP contribution in [0.3, 0.4) is 0 Å². The van der Waals surface area contributed by atoms with Crippen LogP contribution in [0.4, 0.5) is 0 Å². The minimum Gasteiger partial charge on any atom is -0.383 e. The van der Waals surface area contributed by atoms with Gasteiger partial charge in [-0.3, -0.25) is 9.59 Å². The summed E-state index contributed by atoms with van der Waals surface area (Å²) < 4.78 is 7.24. The van der Waals surface area contributed by atoms with Gasteiger partial charge in [0.1, 0.15) is 5.78 Å². The number of ether oxygens (including phenoxy) is 1. The maximum absolute atomic E-state index is 13.3. The molecule has 2 aliphatic rings. The average Bonchev–Trinajstić information content (AvgIpc) is 2.98. The summed E-state index contributed by atoms with van der Waals surface area (Å²) in [5, 5.41) is 0. The topological polar surface area (TPSA) is 60.7 Å². The Morgan fingerprint density at radius 3 is 2.48 bits per heavy atom. The number of rotatable bonds is 4. The molecule has 2 bridgehead atoms. The highest BCUT2D eigenvalue weighted by atomic mass is 32.1. The van der Waals surface area contributed by atoms with Crippen LogP contribution in [-0.4, -0.2) is 30.0 Å². The molecule has 2 saturated carbocycles. The van der Waals surface area contributed by atoms with Crippen molar-refractivity contribution in [1.29, 1.82) is 0 Å². The Kier molecular flexibility index (Phi) is 4.35. The van der Waals surface area contributed by atoms with Crippen molar-refractivity contribution in [2.24, 2.45) is 21.2 Å². The van der Waals surface area contributed by atoms with Crippen LogP contribution in [0.2, 0.25) is 0 Å². The van der Waals surface area contributed by atoms with E-state index < -0.39 is 10.8 Å². The third-order valence-corrected chi connectivity index (χ3v) is 8.32. The van der Waals surface area contributed by atoms with Crippen LogP contribution in [0.5, 0.6) is 0 Å². The number of thiazole rings is 1. The van der Waals surface area contributed by atoms with E-state index in [1.807, 2.05) is 20.8 Å². The van der Waals surface area contributed by atoms with Gasteiger partial charge in [0.2, 0.25) is 0 Å². The first-order valence-corrected chi connectivity index (χ1v) is 9.70. The maximum Gasteiger partial charge on any atom is 0.255 e. The zero-order valence-corrected chi connectivity index (χ0v) is 16.9. The van der Waals surface area contributed by atoms with Crippen molar-refractivity contribution in [2.45, 2.75) is 60.4 Å². The highest BCUT2D eigenvalue weighted by Crippen LogP contribution is 2.70. The first-order valence-electron chi connectivity index (χ1n) is 8.89. The molecule has 2 aliphatic carbocycles. The van der Waals surface area contributed by atoms with Crippen molar-refractivity contribution < 1.29 is 14.3 Å². The average molecular weight is 365 g/mol. The van der Waals surface area contributed by atoms with Gasteiger partial charge in [-0.15, -0.1) is 11.3 Å². The molecular formula is C19H28N2O3S. The number of Topliss-reactive ketones (excluding diaryl/α,β-unsaturated/α-hetero) is 1. The van der Waals surface area contributed by atoms with Crippen LogP contribution in [0.1, 0.15) is 50.6 Å². The third kappa shape index (κ3) is 2.33. The Morgan fingerprint density at radius 2 is 1.96 bits per heavy atom. The molecule has 0 spiro atoms. The van der Waals surface area contributed by atoms with E-state index in [1.54, 1.807) is 7.11 Å². The molecule has 138 valence electrons. The zero-order chi connectivity index (χ0) is 18.6. The lowest BCUT2D eigenvalue weighted by Crippen LogP contribution is -2.40. The van der Waals surface area contributed by atoms with E-state index in [4.69, 9.17) is 4.74 Å². The number of ketones is 1. The lowest BCUT2D eigenvalue weighted by molar-refractivity contribution is -0.133. The van der Waals surface area contributed by atoms with Gasteiger partial charge in [-0.2, -0.15) is 4.99 Å². The summed E-state index contributed by atoms with van der Waals surface area (Å²) in [7, 11) is 1.67. The predicted octanol–water partition coefficient (Wildman–Crippen LogP) is 3.03. The second-order valence-electron chi connectivity index (χ2n) is 8.23. The summed E-state index contributed by atoms with van der Waals surface area (Å²) in [6.07, 6.45) is 1.87. The Hall–Kier alpha value is -1.27. The highest BCUT2D eigenvalue weighted by molar-refractivity contribution is 7.09. The third-order valence-electron chi connectivity index (χ3n) is 7.22. The minimum atomic E-state index is -0.649. The Bertz CT molecular complexity index is 804. The summed E-state index contributed by atoms with van der Waals surface area (Å²) in [5.41, 5.74) is -0.282. The van der Waals surface area contributed by atoms with Gasteiger partial charge in [-0.1, -0.05) is 20.8 Å². The van der Waals surface area contributed by atoms with Gasteiger partial charge in [0.25, 0.3) is 5.91 Å². The van der Waals surface area contributed by atoms with Gasteiger partial charge < -0.3 is 9.30 Å². The molecule has 2 unspecified atom stereocenters. The lowest BCUT2D eigenvalue weighted by atomic mass is 9.64. The lowest BCUT2D eigenvalue weighted by Gasteiger charge is -2.37. The van der Waals surface area contributed by atoms with E-state index in [0.717, 1.165) is 28.2 Å². The zero-order valence-electron chi connectivity index (χ0n) is 16.1. The summed E-state index contributed by atoms with van der Waals surface area (Å²) in [4.78, 5) is 32.3. The van der Waals surface area contributed by atoms with Crippen LogP contribution < -0.4 is 4.80 Å². The second-order valence-corrected chi connectivity index (χ2v) is 9.41. The monoisotopic (exact) mass is 364 g/mol. The molecule has 1 amide bonds. The quantitative estimate of drug-likeness (QED) is 0.825. The van der Waals surface area contributed by atoms with Gasteiger partial charge >= 0.3 is 0 Å². The molecule has 1 aromatic heterocycles. The maximum atomic E-state index is 13.3. The summed E-state index contributed by atoms with van der Waals surface area (Å²) in [6.45, 7) is 11.5. The standard InChI is InChI=1S/C19H28N2O3S/c1-12-13(2)25-16(21(12)9-10-24-6)20-15(23)19-8-7-18(5,14(22)11-19)17(19,3)4/h7-11H2,1-6H3/b20-16-. The summed E-state index contributed by atoms with van der Waals surface area (Å²) in [6, 6.07) is 0. The molecule has 0 aromatic carbocycles. The first kappa shape index (κ1) is 18.5. The molecule has 1 aromatic rings.